The molecule has 1 heterocycles. The summed E-state index contributed by atoms with van der Waals surface area (Å²) in [5.74, 6) is -1.09. The zero-order valence-corrected chi connectivity index (χ0v) is 13.5. The van der Waals surface area contributed by atoms with Crippen molar-refractivity contribution >= 4 is 90.6 Å². The van der Waals surface area contributed by atoms with Gasteiger partial charge in [-0.05, 0) is 30.9 Å². The molecule has 1 fully saturated rings. The van der Waals surface area contributed by atoms with E-state index in [0.29, 0.717) is 19.4 Å². The fraction of sp³-hybridized carbons (Fsp3) is 0.462. The molecule has 1 aliphatic heterocycles. The van der Waals surface area contributed by atoms with Gasteiger partial charge in [-0.2, -0.15) is 4.31 Å². The maximum atomic E-state index is 12.6. The van der Waals surface area contributed by atoms with Crippen molar-refractivity contribution in [3.05, 3.63) is 28.2 Å². The first-order valence-corrected chi connectivity index (χ1v) is 8.68. The fourth-order valence-electron chi connectivity index (χ4n) is 2.48. The first kappa shape index (κ1) is 20.9. The number of halogens is 2. The summed E-state index contributed by atoms with van der Waals surface area (Å²) in [6, 6.07) is 4.45. The molecule has 0 spiro atoms. The Morgan fingerprint density at radius 2 is 2.05 bits per heavy atom. The van der Waals surface area contributed by atoms with Gasteiger partial charge in [0.1, 0.15) is 4.90 Å². The van der Waals surface area contributed by atoms with Crippen molar-refractivity contribution in [2.45, 2.75) is 24.2 Å². The number of carboxylic acid groups (broad SMARTS) is 1. The Morgan fingerprint density at radius 1 is 1.36 bits per heavy atom. The van der Waals surface area contributed by atoms with E-state index in [1.165, 1.54) is 22.5 Å². The zero-order valence-electron chi connectivity index (χ0n) is 11.1. The topological polar surface area (TPSA) is 74.7 Å². The Kier molecular flexibility index (Phi) is 8.32. The van der Waals surface area contributed by atoms with Crippen LogP contribution in [0.4, 0.5) is 0 Å². The number of hydrogen-bond donors (Lipinski definition) is 1. The normalized spacial score (nSPS) is 19.5. The standard InChI is InChI=1S/C13H15Cl2NO4S.K.H/c14-10-4-1-5-11(13(10)15)21(19,20)16-6-2-3-9(8-16)7-12(17)18;;/h1,4-5,9H,2-3,6-8H2,(H,17,18);;. The second-order valence-corrected chi connectivity index (χ2v) is 7.71. The van der Waals surface area contributed by atoms with Gasteiger partial charge in [0, 0.05) is 19.5 Å². The van der Waals surface area contributed by atoms with Crippen LogP contribution in [0.25, 0.3) is 0 Å². The third-order valence-electron chi connectivity index (χ3n) is 3.48. The number of carbonyl (C=O) groups is 1. The minimum atomic E-state index is -3.76. The van der Waals surface area contributed by atoms with Crippen molar-refractivity contribution in [3.63, 3.8) is 0 Å². The van der Waals surface area contributed by atoms with Gasteiger partial charge in [0.05, 0.1) is 10.0 Å². The number of sulfonamides is 1. The van der Waals surface area contributed by atoms with Gasteiger partial charge >= 0.3 is 57.4 Å². The third kappa shape index (κ3) is 4.91. The van der Waals surface area contributed by atoms with E-state index in [1.807, 2.05) is 0 Å². The summed E-state index contributed by atoms with van der Waals surface area (Å²) in [7, 11) is -3.76. The van der Waals surface area contributed by atoms with Crippen LogP contribution >= 0.6 is 23.2 Å². The molecule has 0 aromatic heterocycles. The molecule has 0 bridgehead atoms. The van der Waals surface area contributed by atoms with Crippen molar-refractivity contribution in [1.29, 1.82) is 0 Å². The molecule has 5 nitrogen and oxygen atoms in total. The van der Waals surface area contributed by atoms with Gasteiger partial charge in [0.25, 0.3) is 0 Å². The quantitative estimate of drug-likeness (QED) is 0.798. The Morgan fingerprint density at radius 3 is 2.68 bits per heavy atom. The molecule has 1 saturated heterocycles. The zero-order chi connectivity index (χ0) is 15.6. The van der Waals surface area contributed by atoms with E-state index in [2.05, 4.69) is 0 Å². The average Bonchev–Trinajstić information content (AvgIpc) is 2.41. The van der Waals surface area contributed by atoms with Crippen LogP contribution in [-0.4, -0.2) is 88.3 Å². The first-order valence-electron chi connectivity index (χ1n) is 6.48. The molecule has 1 N–H and O–H groups in total. The van der Waals surface area contributed by atoms with E-state index >= 15 is 0 Å². The van der Waals surface area contributed by atoms with E-state index in [4.69, 9.17) is 28.3 Å². The fourth-order valence-corrected chi connectivity index (χ4v) is 4.77. The minimum absolute atomic E-state index is 0. The van der Waals surface area contributed by atoms with E-state index in [9.17, 15) is 13.2 Å². The van der Waals surface area contributed by atoms with Gasteiger partial charge in [-0.25, -0.2) is 8.42 Å². The second kappa shape index (κ2) is 8.78. The maximum absolute atomic E-state index is 12.6. The van der Waals surface area contributed by atoms with Gasteiger partial charge in [-0.1, -0.05) is 29.3 Å². The van der Waals surface area contributed by atoms with Gasteiger partial charge in [-0.15, -0.1) is 0 Å². The summed E-state index contributed by atoms with van der Waals surface area (Å²) >= 11 is 11.8. The average molecular weight is 392 g/mol. The van der Waals surface area contributed by atoms with Gasteiger partial charge in [-0.3, -0.25) is 4.79 Å². The number of aliphatic carboxylic acids is 1. The molecule has 9 heteroatoms. The molecular formula is C13H16Cl2KNO4S. The SMILES string of the molecule is O=C(O)CC1CCCN(S(=O)(=O)c2cccc(Cl)c2Cl)C1.[KH]. The molecule has 1 atom stereocenters. The van der Waals surface area contributed by atoms with Crippen molar-refractivity contribution in [2.24, 2.45) is 5.92 Å². The molecule has 1 aromatic carbocycles. The molecule has 0 amide bonds. The van der Waals surface area contributed by atoms with Crippen molar-refractivity contribution < 1.29 is 18.3 Å². The van der Waals surface area contributed by atoms with Crippen molar-refractivity contribution in [1.82, 2.24) is 4.31 Å². The predicted molar refractivity (Wildman–Crippen MR) is 87.3 cm³/mol. The van der Waals surface area contributed by atoms with Crippen LogP contribution < -0.4 is 0 Å². The van der Waals surface area contributed by atoms with Crippen LogP contribution in [-0.2, 0) is 14.8 Å². The number of hydrogen-bond acceptors (Lipinski definition) is 3. The molecule has 0 radical (unpaired) electrons. The monoisotopic (exact) mass is 391 g/mol. The third-order valence-corrected chi connectivity index (χ3v) is 6.32. The van der Waals surface area contributed by atoms with E-state index < -0.39 is 16.0 Å². The van der Waals surface area contributed by atoms with Crippen LogP contribution in [0.2, 0.25) is 10.0 Å². The summed E-state index contributed by atoms with van der Waals surface area (Å²) in [5.41, 5.74) is 0. The Bertz CT molecular complexity index is 653. The van der Waals surface area contributed by atoms with E-state index in [0.717, 1.165) is 0 Å². The van der Waals surface area contributed by atoms with Gasteiger partial charge in [0.2, 0.25) is 10.0 Å². The molecule has 0 aliphatic carbocycles. The van der Waals surface area contributed by atoms with E-state index in [1.54, 1.807) is 0 Å². The molecule has 0 saturated carbocycles. The summed E-state index contributed by atoms with van der Waals surface area (Å²) < 4.78 is 26.5. The van der Waals surface area contributed by atoms with Crippen molar-refractivity contribution in [3.8, 4) is 0 Å². The molecule has 22 heavy (non-hydrogen) atoms. The Labute approximate surface area is 182 Å². The Balaban J connectivity index is 0.00000242. The number of benzene rings is 1. The molecule has 1 unspecified atom stereocenters. The van der Waals surface area contributed by atoms with Gasteiger partial charge < -0.3 is 5.11 Å². The van der Waals surface area contributed by atoms with Crippen LogP contribution in [0, 0.1) is 5.92 Å². The van der Waals surface area contributed by atoms with Crippen LogP contribution in [0.1, 0.15) is 19.3 Å². The number of carboxylic acids is 1. The molecule has 2 rings (SSSR count). The van der Waals surface area contributed by atoms with Crippen LogP contribution in [0.5, 0.6) is 0 Å². The van der Waals surface area contributed by atoms with Crippen LogP contribution in [0.3, 0.4) is 0 Å². The number of rotatable bonds is 4. The molecular weight excluding hydrogens is 376 g/mol. The second-order valence-electron chi connectivity index (χ2n) is 5.02. The van der Waals surface area contributed by atoms with Gasteiger partial charge in [0.15, 0.2) is 0 Å². The predicted octanol–water partition coefficient (Wildman–Crippen LogP) is 2.22. The summed E-state index contributed by atoms with van der Waals surface area (Å²) in [4.78, 5) is 10.8. The number of nitrogens with zero attached hydrogens (tertiary/aromatic N) is 1. The molecule has 118 valence electrons. The summed E-state index contributed by atoms with van der Waals surface area (Å²) in [6.07, 6.45) is 1.31. The summed E-state index contributed by atoms with van der Waals surface area (Å²) in [6.45, 7) is 0.554. The first-order chi connectivity index (χ1) is 9.82. The molecule has 1 aromatic rings. The molecule has 1 aliphatic rings. The van der Waals surface area contributed by atoms with Crippen LogP contribution in [0.15, 0.2) is 23.1 Å². The van der Waals surface area contributed by atoms with Crippen molar-refractivity contribution in [2.75, 3.05) is 13.1 Å². The van der Waals surface area contributed by atoms with E-state index in [-0.39, 0.29) is 85.2 Å². The number of piperidine rings is 1. The summed E-state index contributed by atoms with van der Waals surface area (Å²) in [5, 5.41) is 9.02. The Hall–Kier alpha value is 0.816.